The molecule has 1 amide bonds. The number of carbonyl (C=O) groups excluding carboxylic acids is 1. The van der Waals surface area contributed by atoms with Gasteiger partial charge >= 0.3 is 0 Å². The van der Waals surface area contributed by atoms with Crippen molar-refractivity contribution in [2.24, 2.45) is 5.92 Å². The van der Waals surface area contributed by atoms with Gasteiger partial charge in [-0.2, -0.15) is 0 Å². The second-order valence-corrected chi connectivity index (χ2v) is 4.09. The maximum absolute atomic E-state index is 11.6. The molecule has 0 fully saturated rings. The predicted molar refractivity (Wildman–Crippen MR) is 60.5 cm³/mol. The first-order valence-corrected chi connectivity index (χ1v) is 5.44. The van der Waals surface area contributed by atoms with Crippen molar-refractivity contribution < 1.29 is 9.90 Å². The lowest BCUT2D eigenvalue weighted by Gasteiger charge is -2.09. The Hall–Kier alpha value is -0.940. The van der Waals surface area contributed by atoms with Crippen LogP contribution in [0.5, 0.6) is 0 Å². The molecule has 5 heteroatoms. The summed E-state index contributed by atoms with van der Waals surface area (Å²) in [6, 6.07) is 3.39. The van der Waals surface area contributed by atoms with Gasteiger partial charge in [0.1, 0.15) is 4.60 Å². The van der Waals surface area contributed by atoms with Crippen molar-refractivity contribution in [1.82, 2.24) is 10.3 Å². The molecule has 0 aliphatic rings. The molecule has 1 atom stereocenters. The highest BCUT2D eigenvalue weighted by atomic mass is 79.9. The number of rotatable bonds is 4. The smallest absolute Gasteiger partial charge is 0.254 e. The van der Waals surface area contributed by atoms with Gasteiger partial charge in [0.05, 0.1) is 5.56 Å². The van der Waals surface area contributed by atoms with E-state index in [0.717, 1.165) is 0 Å². The van der Waals surface area contributed by atoms with Crippen LogP contribution in [0.4, 0.5) is 0 Å². The van der Waals surface area contributed by atoms with Crippen LogP contribution in [-0.2, 0) is 0 Å². The van der Waals surface area contributed by atoms with Crippen molar-refractivity contribution in [1.29, 1.82) is 0 Å². The molecule has 0 spiro atoms. The van der Waals surface area contributed by atoms with Crippen molar-refractivity contribution in [2.45, 2.75) is 6.92 Å². The van der Waals surface area contributed by atoms with E-state index in [1.807, 2.05) is 6.92 Å². The van der Waals surface area contributed by atoms with Gasteiger partial charge in [-0.3, -0.25) is 4.79 Å². The summed E-state index contributed by atoms with van der Waals surface area (Å²) < 4.78 is 0.527. The number of nitrogens with zero attached hydrogens (tertiary/aromatic N) is 1. The number of amides is 1. The Morgan fingerprint density at radius 3 is 3.07 bits per heavy atom. The molecule has 0 aromatic carbocycles. The fourth-order valence-electron chi connectivity index (χ4n) is 0.982. The number of halogens is 1. The Bertz CT molecular complexity index is 344. The molecule has 2 N–H and O–H groups in total. The lowest BCUT2D eigenvalue weighted by molar-refractivity contribution is 0.0941. The van der Waals surface area contributed by atoms with Gasteiger partial charge in [-0.1, -0.05) is 6.92 Å². The van der Waals surface area contributed by atoms with Crippen LogP contribution in [-0.4, -0.2) is 29.1 Å². The summed E-state index contributed by atoms with van der Waals surface area (Å²) in [7, 11) is 0. The second kappa shape index (κ2) is 5.82. The Morgan fingerprint density at radius 1 is 1.73 bits per heavy atom. The van der Waals surface area contributed by atoms with E-state index in [-0.39, 0.29) is 18.4 Å². The van der Waals surface area contributed by atoms with Crippen LogP contribution in [0.15, 0.2) is 22.9 Å². The molecule has 0 saturated carbocycles. The zero-order valence-electron chi connectivity index (χ0n) is 8.40. The number of hydrogen-bond acceptors (Lipinski definition) is 3. The van der Waals surface area contributed by atoms with E-state index >= 15 is 0 Å². The normalized spacial score (nSPS) is 12.2. The summed E-state index contributed by atoms with van der Waals surface area (Å²) in [5.41, 5.74) is 0.502. The highest BCUT2D eigenvalue weighted by molar-refractivity contribution is 9.10. The summed E-state index contributed by atoms with van der Waals surface area (Å²) in [5.74, 6) is -0.125. The van der Waals surface area contributed by atoms with E-state index in [2.05, 4.69) is 26.2 Å². The Kier molecular flexibility index (Phi) is 4.71. The first-order chi connectivity index (χ1) is 7.15. The van der Waals surface area contributed by atoms with E-state index in [1.54, 1.807) is 18.3 Å². The van der Waals surface area contributed by atoms with Gasteiger partial charge < -0.3 is 10.4 Å². The van der Waals surface area contributed by atoms with Crippen LogP contribution in [0.1, 0.15) is 17.3 Å². The minimum absolute atomic E-state index is 0.0596. The lowest BCUT2D eigenvalue weighted by atomic mass is 10.2. The highest BCUT2D eigenvalue weighted by Gasteiger charge is 2.10. The summed E-state index contributed by atoms with van der Waals surface area (Å²) in [6.45, 7) is 2.38. The van der Waals surface area contributed by atoms with Crippen LogP contribution in [0.25, 0.3) is 0 Å². The quantitative estimate of drug-likeness (QED) is 0.810. The number of aliphatic hydroxyl groups is 1. The Balaban J connectivity index is 2.58. The maximum Gasteiger partial charge on any atom is 0.254 e. The zero-order valence-corrected chi connectivity index (χ0v) is 9.99. The van der Waals surface area contributed by atoms with Crippen LogP contribution >= 0.6 is 15.9 Å². The van der Waals surface area contributed by atoms with E-state index in [4.69, 9.17) is 5.11 Å². The number of hydrogen-bond donors (Lipinski definition) is 2. The van der Waals surface area contributed by atoms with Gasteiger partial charge in [-0.05, 0) is 34.0 Å². The molecular weight excluding hydrogens is 260 g/mol. The molecule has 0 radical (unpaired) electrons. The van der Waals surface area contributed by atoms with E-state index in [0.29, 0.717) is 16.7 Å². The third-order valence-electron chi connectivity index (χ3n) is 1.93. The van der Waals surface area contributed by atoms with Crippen molar-refractivity contribution in [3.63, 3.8) is 0 Å². The molecule has 15 heavy (non-hydrogen) atoms. The molecule has 1 rings (SSSR count). The molecule has 4 nitrogen and oxygen atoms in total. The fraction of sp³-hybridized carbons (Fsp3) is 0.400. The molecule has 0 saturated heterocycles. The first-order valence-electron chi connectivity index (χ1n) is 4.64. The van der Waals surface area contributed by atoms with Gasteiger partial charge in [0, 0.05) is 19.3 Å². The number of nitrogens with one attached hydrogen (secondary N) is 1. The van der Waals surface area contributed by atoms with Crippen LogP contribution in [0.3, 0.4) is 0 Å². The minimum Gasteiger partial charge on any atom is -0.396 e. The lowest BCUT2D eigenvalue weighted by Crippen LogP contribution is -2.29. The predicted octanol–water partition coefficient (Wildman–Crippen LogP) is 1.20. The first kappa shape index (κ1) is 12.1. The van der Waals surface area contributed by atoms with Crippen LogP contribution in [0.2, 0.25) is 0 Å². The second-order valence-electron chi connectivity index (χ2n) is 3.34. The molecule has 1 aromatic heterocycles. The number of carbonyl (C=O) groups is 1. The molecule has 0 aliphatic heterocycles. The van der Waals surface area contributed by atoms with Gasteiger partial charge in [0.2, 0.25) is 0 Å². The van der Waals surface area contributed by atoms with Crippen LogP contribution < -0.4 is 5.32 Å². The van der Waals surface area contributed by atoms with Crippen molar-refractivity contribution in [3.05, 3.63) is 28.5 Å². The van der Waals surface area contributed by atoms with Crippen molar-refractivity contribution in [3.8, 4) is 0 Å². The van der Waals surface area contributed by atoms with E-state index in [1.165, 1.54) is 0 Å². The summed E-state index contributed by atoms with van der Waals surface area (Å²) >= 11 is 3.20. The van der Waals surface area contributed by atoms with E-state index < -0.39 is 0 Å². The highest BCUT2D eigenvalue weighted by Crippen LogP contribution is 2.11. The maximum atomic E-state index is 11.6. The largest absolute Gasteiger partial charge is 0.396 e. The third-order valence-corrected chi connectivity index (χ3v) is 2.56. The summed E-state index contributed by atoms with van der Waals surface area (Å²) in [4.78, 5) is 15.6. The molecular formula is C10H13BrN2O2. The summed E-state index contributed by atoms with van der Waals surface area (Å²) in [5, 5.41) is 11.5. The third kappa shape index (κ3) is 3.60. The van der Waals surface area contributed by atoms with Gasteiger partial charge in [-0.25, -0.2) is 4.98 Å². The van der Waals surface area contributed by atoms with E-state index in [9.17, 15) is 4.79 Å². The molecule has 1 aromatic rings. The molecule has 1 heterocycles. The number of pyridine rings is 1. The Labute approximate surface area is 96.8 Å². The van der Waals surface area contributed by atoms with Gasteiger partial charge in [0.15, 0.2) is 0 Å². The summed E-state index contributed by atoms with van der Waals surface area (Å²) in [6.07, 6.45) is 1.61. The number of aliphatic hydroxyl groups excluding tert-OH is 1. The zero-order chi connectivity index (χ0) is 11.3. The standard InChI is InChI=1S/C10H13BrN2O2/c1-7(6-14)5-13-10(15)8-3-2-4-12-9(8)11/h2-4,7,14H,5-6H2,1H3,(H,13,15). The van der Waals surface area contributed by atoms with Gasteiger partial charge in [-0.15, -0.1) is 0 Å². The minimum atomic E-state index is -0.185. The average Bonchev–Trinajstić information content (AvgIpc) is 2.26. The molecule has 1 unspecified atom stereocenters. The Morgan fingerprint density at radius 2 is 2.47 bits per heavy atom. The topological polar surface area (TPSA) is 62.2 Å². The average molecular weight is 273 g/mol. The fourth-order valence-corrected chi connectivity index (χ4v) is 1.41. The monoisotopic (exact) mass is 272 g/mol. The van der Waals surface area contributed by atoms with Crippen molar-refractivity contribution in [2.75, 3.05) is 13.2 Å². The number of aromatic nitrogens is 1. The SMILES string of the molecule is CC(CO)CNC(=O)c1cccnc1Br. The van der Waals surface area contributed by atoms with Crippen molar-refractivity contribution >= 4 is 21.8 Å². The molecule has 82 valence electrons. The van der Waals surface area contributed by atoms with Crippen LogP contribution in [0, 0.1) is 5.92 Å². The van der Waals surface area contributed by atoms with Gasteiger partial charge in [0.25, 0.3) is 5.91 Å². The molecule has 0 bridgehead atoms. The molecule has 0 aliphatic carbocycles.